The Kier molecular flexibility index (Phi) is 2.08. The Morgan fingerprint density at radius 3 is 2.50 bits per heavy atom. The molecule has 0 aromatic heterocycles. The molecule has 3 rings (SSSR count). The Labute approximate surface area is 91.5 Å². The minimum absolute atomic E-state index is 0.160. The van der Waals surface area contributed by atoms with Gasteiger partial charge in [0.05, 0.1) is 12.6 Å². The van der Waals surface area contributed by atoms with Gasteiger partial charge in [0.1, 0.15) is 6.10 Å². The standard InChI is InChI=1S/C10H11NO5/c12-6-3-5(7-4-15-10(6)16-7)11-8(13)1-2-9(11)14/h5,7,10H,1-4H2/t5?,7?,10-/m1/s1. The van der Waals surface area contributed by atoms with E-state index < -0.39 is 12.3 Å². The molecule has 0 N–H and O–H groups in total. The Bertz CT molecular complexity index is 363. The van der Waals surface area contributed by atoms with Crippen molar-refractivity contribution in [2.75, 3.05) is 6.61 Å². The summed E-state index contributed by atoms with van der Waals surface area (Å²) in [5.41, 5.74) is 0. The number of nitrogens with zero attached hydrogens (tertiary/aromatic N) is 1. The molecule has 3 heterocycles. The second-order valence-corrected chi connectivity index (χ2v) is 4.24. The zero-order valence-electron chi connectivity index (χ0n) is 8.55. The van der Waals surface area contributed by atoms with Crippen LogP contribution in [0.3, 0.4) is 0 Å². The number of fused-ring (bicyclic) bond motifs is 2. The Balaban J connectivity index is 1.86. The van der Waals surface area contributed by atoms with E-state index in [0.717, 1.165) is 0 Å². The van der Waals surface area contributed by atoms with Gasteiger partial charge in [-0.1, -0.05) is 0 Å². The summed E-state index contributed by atoms with van der Waals surface area (Å²) < 4.78 is 10.4. The molecule has 0 aliphatic carbocycles. The van der Waals surface area contributed by atoms with Crippen LogP contribution in [0.1, 0.15) is 19.3 Å². The molecule has 16 heavy (non-hydrogen) atoms. The summed E-state index contributed by atoms with van der Waals surface area (Å²) in [6.45, 7) is 0.276. The van der Waals surface area contributed by atoms with E-state index in [2.05, 4.69) is 0 Å². The van der Waals surface area contributed by atoms with Crippen LogP contribution in [0.15, 0.2) is 0 Å². The van der Waals surface area contributed by atoms with Gasteiger partial charge in [-0.2, -0.15) is 0 Å². The molecule has 2 bridgehead atoms. The Morgan fingerprint density at radius 1 is 1.12 bits per heavy atom. The average Bonchev–Trinajstić information content (AvgIpc) is 2.81. The third kappa shape index (κ3) is 1.30. The molecule has 0 spiro atoms. The topological polar surface area (TPSA) is 72.9 Å². The van der Waals surface area contributed by atoms with E-state index in [1.165, 1.54) is 4.90 Å². The predicted octanol–water partition coefficient (Wildman–Crippen LogP) is -0.782. The van der Waals surface area contributed by atoms with Gasteiger partial charge in [-0.15, -0.1) is 0 Å². The van der Waals surface area contributed by atoms with Gasteiger partial charge in [-0.3, -0.25) is 19.3 Å². The van der Waals surface area contributed by atoms with Gasteiger partial charge in [0.2, 0.25) is 18.1 Å². The van der Waals surface area contributed by atoms with Gasteiger partial charge < -0.3 is 9.47 Å². The van der Waals surface area contributed by atoms with Crippen LogP contribution in [0.5, 0.6) is 0 Å². The number of ketones is 1. The van der Waals surface area contributed by atoms with Crippen LogP contribution >= 0.6 is 0 Å². The number of hydrogen-bond donors (Lipinski definition) is 0. The first kappa shape index (κ1) is 9.92. The smallest absolute Gasteiger partial charge is 0.230 e. The van der Waals surface area contributed by atoms with Crippen LogP contribution in [-0.2, 0) is 23.9 Å². The molecule has 0 saturated carbocycles. The van der Waals surface area contributed by atoms with Crippen molar-refractivity contribution in [2.45, 2.75) is 37.7 Å². The van der Waals surface area contributed by atoms with Crippen molar-refractivity contribution in [1.82, 2.24) is 4.90 Å². The highest BCUT2D eigenvalue weighted by Crippen LogP contribution is 2.30. The number of carbonyl (C=O) groups excluding carboxylic acids is 3. The van der Waals surface area contributed by atoms with Crippen molar-refractivity contribution >= 4 is 17.6 Å². The van der Waals surface area contributed by atoms with Crippen molar-refractivity contribution in [1.29, 1.82) is 0 Å². The van der Waals surface area contributed by atoms with Crippen molar-refractivity contribution in [3.05, 3.63) is 0 Å². The highest BCUT2D eigenvalue weighted by Gasteiger charge is 2.49. The molecule has 0 aromatic carbocycles. The summed E-state index contributed by atoms with van der Waals surface area (Å²) in [6.07, 6.45) is -0.490. The first-order chi connectivity index (χ1) is 7.66. The number of hydrogen-bond acceptors (Lipinski definition) is 5. The quantitative estimate of drug-likeness (QED) is 0.547. The molecule has 0 radical (unpaired) electrons. The van der Waals surface area contributed by atoms with Gasteiger partial charge in [0, 0.05) is 19.3 Å². The number of amides is 2. The molecule has 3 aliphatic heterocycles. The Morgan fingerprint density at radius 2 is 1.81 bits per heavy atom. The van der Waals surface area contributed by atoms with Gasteiger partial charge in [0.25, 0.3) is 0 Å². The second kappa shape index (κ2) is 3.36. The molecule has 86 valence electrons. The predicted molar refractivity (Wildman–Crippen MR) is 49.1 cm³/mol. The maximum Gasteiger partial charge on any atom is 0.230 e. The van der Waals surface area contributed by atoms with E-state index in [-0.39, 0.29) is 49.6 Å². The van der Waals surface area contributed by atoms with E-state index in [1.54, 1.807) is 0 Å². The van der Waals surface area contributed by atoms with Crippen LogP contribution in [0, 0.1) is 0 Å². The Hall–Kier alpha value is -1.27. The first-order valence-electron chi connectivity index (χ1n) is 5.31. The van der Waals surface area contributed by atoms with Crippen LogP contribution < -0.4 is 0 Å². The summed E-state index contributed by atoms with van der Waals surface area (Å²) in [4.78, 5) is 35.8. The minimum Gasteiger partial charge on any atom is -0.343 e. The van der Waals surface area contributed by atoms with E-state index in [1.807, 2.05) is 0 Å². The molecule has 2 unspecified atom stereocenters. The molecule has 2 amide bonds. The van der Waals surface area contributed by atoms with Crippen molar-refractivity contribution in [2.24, 2.45) is 0 Å². The number of imide groups is 1. The largest absolute Gasteiger partial charge is 0.343 e. The average molecular weight is 225 g/mol. The number of ether oxygens (including phenoxy) is 2. The van der Waals surface area contributed by atoms with E-state index in [0.29, 0.717) is 0 Å². The third-order valence-electron chi connectivity index (χ3n) is 3.23. The maximum absolute atomic E-state index is 11.6. The highest BCUT2D eigenvalue weighted by atomic mass is 16.7. The molecule has 3 atom stereocenters. The molecule has 6 nitrogen and oxygen atoms in total. The summed E-state index contributed by atoms with van der Waals surface area (Å²) in [7, 11) is 0. The lowest BCUT2D eigenvalue weighted by Crippen LogP contribution is -2.51. The zero-order valence-corrected chi connectivity index (χ0v) is 8.55. The minimum atomic E-state index is -0.783. The molecule has 3 saturated heterocycles. The number of Topliss-reactive ketones (excluding diaryl/α,β-unsaturated/α-hetero) is 1. The molecule has 3 fully saturated rings. The van der Waals surface area contributed by atoms with Gasteiger partial charge in [0.15, 0.2) is 5.78 Å². The molecule has 6 heteroatoms. The number of likely N-dealkylation sites (tertiary alicyclic amines) is 1. The highest BCUT2D eigenvalue weighted by molar-refractivity contribution is 6.03. The van der Waals surface area contributed by atoms with E-state index in [4.69, 9.17) is 9.47 Å². The van der Waals surface area contributed by atoms with Crippen molar-refractivity contribution in [3.8, 4) is 0 Å². The lowest BCUT2D eigenvalue weighted by Gasteiger charge is -2.32. The fourth-order valence-corrected chi connectivity index (χ4v) is 2.45. The SMILES string of the molecule is O=C1CC(N2C(=O)CCC2=O)C2CO[C@@H]1O2. The fraction of sp³-hybridized carbons (Fsp3) is 0.700. The first-order valence-corrected chi connectivity index (χ1v) is 5.31. The number of carbonyl (C=O) groups is 3. The number of rotatable bonds is 1. The van der Waals surface area contributed by atoms with Crippen LogP contribution in [0.25, 0.3) is 0 Å². The summed E-state index contributed by atoms with van der Waals surface area (Å²) in [5.74, 6) is -0.611. The van der Waals surface area contributed by atoms with Crippen LogP contribution in [0.4, 0.5) is 0 Å². The molecular weight excluding hydrogens is 214 g/mol. The van der Waals surface area contributed by atoms with Crippen LogP contribution in [0.2, 0.25) is 0 Å². The van der Waals surface area contributed by atoms with Gasteiger partial charge in [-0.25, -0.2) is 0 Å². The normalized spacial score (nSPS) is 38.6. The van der Waals surface area contributed by atoms with Gasteiger partial charge in [-0.05, 0) is 0 Å². The summed E-state index contributed by atoms with van der Waals surface area (Å²) in [6, 6.07) is -0.464. The lowest BCUT2D eigenvalue weighted by molar-refractivity contribution is -0.163. The molecule has 0 aromatic rings. The fourth-order valence-electron chi connectivity index (χ4n) is 2.45. The molecule has 3 aliphatic rings. The lowest BCUT2D eigenvalue weighted by atomic mass is 10.0. The third-order valence-corrected chi connectivity index (χ3v) is 3.23. The van der Waals surface area contributed by atoms with E-state index in [9.17, 15) is 14.4 Å². The van der Waals surface area contributed by atoms with Gasteiger partial charge >= 0.3 is 0 Å². The van der Waals surface area contributed by atoms with E-state index >= 15 is 0 Å². The summed E-state index contributed by atoms with van der Waals surface area (Å²) in [5, 5.41) is 0. The molecular formula is C10H11NO5. The monoisotopic (exact) mass is 225 g/mol. The maximum atomic E-state index is 11.6. The van der Waals surface area contributed by atoms with Crippen molar-refractivity contribution < 1.29 is 23.9 Å². The second-order valence-electron chi connectivity index (χ2n) is 4.24. The van der Waals surface area contributed by atoms with Crippen molar-refractivity contribution in [3.63, 3.8) is 0 Å². The zero-order chi connectivity index (χ0) is 11.3. The summed E-state index contributed by atoms with van der Waals surface area (Å²) >= 11 is 0. The van der Waals surface area contributed by atoms with Crippen LogP contribution in [-0.4, -0.2) is 47.5 Å².